The molecule has 4 heteroatoms. The predicted molar refractivity (Wildman–Crippen MR) is 45.4 cm³/mol. The average molecular weight is 165 g/mol. The van der Waals surface area contributed by atoms with Crippen molar-refractivity contribution in [2.24, 2.45) is 11.7 Å². The molecule has 0 aromatic rings. The van der Waals surface area contributed by atoms with E-state index in [9.17, 15) is 4.79 Å². The van der Waals surface area contributed by atoms with Gasteiger partial charge in [-0.2, -0.15) is 0 Å². The third-order valence-corrected chi connectivity index (χ3v) is 1.28. The van der Waals surface area contributed by atoms with E-state index >= 15 is 0 Å². The molecule has 11 heavy (non-hydrogen) atoms. The van der Waals surface area contributed by atoms with E-state index in [2.05, 4.69) is 0 Å². The van der Waals surface area contributed by atoms with Gasteiger partial charge in [0.1, 0.15) is 0 Å². The Kier molecular flexibility index (Phi) is 7.51. The van der Waals surface area contributed by atoms with Crippen molar-refractivity contribution < 1.29 is 16.4 Å². The molecule has 0 heterocycles. The van der Waals surface area contributed by atoms with Crippen molar-refractivity contribution in [2.45, 2.75) is 19.9 Å². The van der Waals surface area contributed by atoms with Crippen molar-refractivity contribution in [2.75, 3.05) is 13.7 Å². The van der Waals surface area contributed by atoms with Crippen LogP contribution in [0.4, 0.5) is 0 Å². The van der Waals surface area contributed by atoms with Crippen molar-refractivity contribution in [1.29, 1.82) is 0 Å². The maximum Gasteiger partial charge on any atom is 0.154 e. The fourth-order valence-corrected chi connectivity index (χ4v) is 0.690. The largest absolute Gasteiger partial charge is 0.412 e. The highest BCUT2D eigenvalue weighted by Crippen LogP contribution is 1.97. The van der Waals surface area contributed by atoms with Gasteiger partial charge in [0.05, 0.1) is 12.6 Å². The normalized spacial score (nSPS) is 12.5. The van der Waals surface area contributed by atoms with Crippen LogP contribution in [0.5, 0.6) is 0 Å². The molecule has 0 rings (SSSR count). The fourth-order valence-electron chi connectivity index (χ4n) is 0.690. The molecule has 0 saturated heterocycles. The van der Waals surface area contributed by atoms with Gasteiger partial charge < -0.3 is 15.9 Å². The molecule has 0 aliphatic rings. The summed E-state index contributed by atoms with van der Waals surface area (Å²) < 4.78 is 4.73. The van der Waals surface area contributed by atoms with E-state index in [-0.39, 0.29) is 18.6 Å². The molecule has 0 unspecified atom stereocenters. The second-order valence-electron chi connectivity index (χ2n) is 2.62. The summed E-state index contributed by atoms with van der Waals surface area (Å²) >= 11 is 0. The number of hydrogen-bond donors (Lipinski definition) is 1. The number of methoxy groups -OCH3 is 1. The highest BCUT2D eigenvalue weighted by molar-refractivity contribution is 5.85. The zero-order valence-corrected chi connectivity index (χ0v) is 7.26. The van der Waals surface area contributed by atoms with Crippen LogP contribution in [-0.2, 0) is 9.53 Å². The van der Waals surface area contributed by atoms with Gasteiger partial charge in [0, 0.05) is 14.5 Å². The Bertz CT molecular complexity index is 119. The minimum atomic E-state index is -0.454. The van der Waals surface area contributed by atoms with Gasteiger partial charge in [-0.05, 0) is 0 Å². The first-order chi connectivity index (χ1) is 4.59. The molecular weight excluding hydrogens is 146 g/mol. The number of nitrogens with two attached hydrogens (primary N) is 1. The van der Waals surface area contributed by atoms with Crippen LogP contribution in [0.25, 0.3) is 0 Å². The Morgan fingerprint density at radius 2 is 2.09 bits per heavy atom. The first-order valence-electron chi connectivity index (χ1n) is 3.37. The number of Topliss-reactive ketones (excluding diaryl/α,β-unsaturated/α-hetero) is 1. The number of ketones is 1. The number of rotatable bonds is 4. The lowest BCUT2D eigenvalue weighted by Crippen LogP contribution is -2.37. The number of carbonyl (C=O) groups is 1. The van der Waals surface area contributed by atoms with Crippen LogP contribution in [0, 0.1) is 5.92 Å². The predicted octanol–water partition coefficient (Wildman–Crippen LogP) is -0.393. The number of carbonyl (C=O) groups excluding carboxylic acids is 1. The zero-order valence-electron chi connectivity index (χ0n) is 7.26. The molecule has 0 aromatic heterocycles. The highest BCUT2D eigenvalue weighted by atomic mass is 16.5. The molecular formula is C7H19NO3. The molecule has 0 bridgehead atoms. The molecule has 0 fully saturated rings. The SMILES string of the molecule is COC[C@@H](N)C(=O)C(C)C.O.[HH]. The highest BCUT2D eigenvalue weighted by Gasteiger charge is 2.15. The number of hydrogen-bond acceptors (Lipinski definition) is 3. The molecule has 0 aliphatic carbocycles. The van der Waals surface area contributed by atoms with Crippen LogP contribution >= 0.6 is 0 Å². The second-order valence-corrected chi connectivity index (χ2v) is 2.62. The minimum Gasteiger partial charge on any atom is -0.412 e. The molecule has 4 nitrogen and oxygen atoms in total. The van der Waals surface area contributed by atoms with E-state index in [0.717, 1.165) is 0 Å². The summed E-state index contributed by atoms with van der Waals surface area (Å²) in [5.41, 5.74) is 5.45. The third-order valence-electron chi connectivity index (χ3n) is 1.28. The van der Waals surface area contributed by atoms with Gasteiger partial charge in [-0.25, -0.2) is 0 Å². The standard InChI is InChI=1S/C7H15NO2.H2O.H2/c1-5(2)7(9)6(8)4-10-3;;/h5-6H,4,8H2,1-3H3;1H2;1H/t6-;;/m1../s1. The maximum absolute atomic E-state index is 11.0. The lowest BCUT2D eigenvalue weighted by atomic mass is 10.0. The first-order valence-corrected chi connectivity index (χ1v) is 3.37. The summed E-state index contributed by atoms with van der Waals surface area (Å²) in [6.07, 6.45) is 0. The Labute approximate surface area is 68.5 Å². The van der Waals surface area contributed by atoms with Crippen molar-refractivity contribution >= 4 is 5.78 Å². The Morgan fingerprint density at radius 3 is 2.36 bits per heavy atom. The maximum atomic E-state index is 11.0. The fraction of sp³-hybridized carbons (Fsp3) is 0.857. The van der Waals surface area contributed by atoms with Gasteiger partial charge >= 0.3 is 0 Å². The van der Waals surface area contributed by atoms with Gasteiger partial charge in [0.15, 0.2) is 5.78 Å². The summed E-state index contributed by atoms with van der Waals surface area (Å²) in [6.45, 7) is 3.98. The molecule has 0 radical (unpaired) electrons. The molecule has 0 spiro atoms. The van der Waals surface area contributed by atoms with E-state index in [4.69, 9.17) is 10.5 Å². The Hall–Kier alpha value is -0.450. The van der Waals surface area contributed by atoms with Crippen LogP contribution < -0.4 is 5.73 Å². The topological polar surface area (TPSA) is 83.8 Å². The van der Waals surface area contributed by atoms with Gasteiger partial charge in [-0.1, -0.05) is 13.8 Å². The Balaban J connectivity index is -0.000000405. The molecule has 1 atom stereocenters. The average Bonchev–Trinajstić information content (AvgIpc) is 1.87. The van der Waals surface area contributed by atoms with Crippen molar-refractivity contribution in [3.8, 4) is 0 Å². The summed E-state index contributed by atoms with van der Waals surface area (Å²) in [4.78, 5) is 11.0. The zero-order chi connectivity index (χ0) is 8.15. The lowest BCUT2D eigenvalue weighted by Gasteiger charge is -2.10. The molecule has 4 N–H and O–H groups in total. The van der Waals surface area contributed by atoms with E-state index in [1.165, 1.54) is 7.11 Å². The first kappa shape index (κ1) is 13.2. The van der Waals surface area contributed by atoms with E-state index < -0.39 is 6.04 Å². The van der Waals surface area contributed by atoms with Crippen molar-refractivity contribution in [1.82, 2.24) is 0 Å². The van der Waals surface area contributed by atoms with E-state index in [0.29, 0.717) is 6.61 Å². The van der Waals surface area contributed by atoms with Crippen LogP contribution in [0.1, 0.15) is 15.3 Å². The smallest absolute Gasteiger partial charge is 0.154 e. The summed E-state index contributed by atoms with van der Waals surface area (Å²) in [5, 5.41) is 0. The van der Waals surface area contributed by atoms with Crippen LogP contribution in [-0.4, -0.2) is 31.0 Å². The molecule has 0 aliphatic heterocycles. The molecule has 0 aromatic carbocycles. The second kappa shape index (κ2) is 6.27. The lowest BCUT2D eigenvalue weighted by molar-refractivity contribution is -0.124. The van der Waals surface area contributed by atoms with Crippen molar-refractivity contribution in [3.63, 3.8) is 0 Å². The van der Waals surface area contributed by atoms with E-state index in [1.807, 2.05) is 13.8 Å². The number of ether oxygens (including phenoxy) is 1. The quantitative estimate of drug-likeness (QED) is 0.615. The van der Waals surface area contributed by atoms with Gasteiger partial charge in [-0.3, -0.25) is 4.79 Å². The Morgan fingerprint density at radius 1 is 1.64 bits per heavy atom. The minimum absolute atomic E-state index is 0. The van der Waals surface area contributed by atoms with Gasteiger partial charge in [0.2, 0.25) is 0 Å². The third kappa shape index (κ3) is 4.89. The summed E-state index contributed by atoms with van der Waals surface area (Å²) in [7, 11) is 1.54. The molecule has 0 amide bonds. The van der Waals surface area contributed by atoms with E-state index in [1.54, 1.807) is 0 Å². The van der Waals surface area contributed by atoms with Crippen molar-refractivity contribution in [3.05, 3.63) is 0 Å². The van der Waals surface area contributed by atoms with Gasteiger partial charge in [-0.15, -0.1) is 0 Å². The molecule has 0 saturated carbocycles. The summed E-state index contributed by atoms with van der Waals surface area (Å²) in [6, 6.07) is -0.454. The molecule has 70 valence electrons. The van der Waals surface area contributed by atoms with Crippen LogP contribution in [0.2, 0.25) is 0 Å². The van der Waals surface area contributed by atoms with Crippen LogP contribution in [0.3, 0.4) is 0 Å². The monoisotopic (exact) mass is 165 g/mol. The van der Waals surface area contributed by atoms with Gasteiger partial charge in [0.25, 0.3) is 0 Å². The van der Waals surface area contributed by atoms with Crippen LogP contribution in [0.15, 0.2) is 0 Å². The summed E-state index contributed by atoms with van der Waals surface area (Å²) in [5.74, 6) is 0.0620.